The van der Waals surface area contributed by atoms with Gasteiger partial charge >= 0.3 is 5.97 Å². The molecule has 4 aliphatic rings. The van der Waals surface area contributed by atoms with Gasteiger partial charge in [-0.05, 0) is 110 Å². The van der Waals surface area contributed by atoms with Crippen LogP contribution in [0.5, 0.6) is 17.2 Å². The van der Waals surface area contributed by atoms with Crippen molar-refractivity contribution in [2.75, 3.05) is 0 Å². The Morgan fingerprint density at radius 1 is 0.435 bits per heavy atom. The summed E-state index contributed by atoms with van der Waals surface area (Å²) in [6, 6.07) is 21.0. The number of carbonyl (C=O) groups is 1. The lowest BCUT2D eigenvalue weighted by Gasteiger charge is -2.31. The molecule has 0 amide bonds. The van der Waals surface area contributed by atoms with Crippen molar-refractivity contribution >= 4 is 5.97 Å². The first-order valence-electron chi connectivity index (χ1n) is 19.0. The summed E-state index contributed by atoms with van der Waals surface area (Å²) in [5, 5.41) is 0. The third-order valence-electron chi connectivity index (χ3n) is 11.8. The van der Waals surface area contributed by atoms with Crippen LogP contribution in [0.4, 0.5) is 0 Å². The molecule has 3 aromatic carbocycles. The van der Waals surface area contributed by atoms with E-state index in [1.807, 2.05) is 30.3 Å². The minimum absolute atomic E-state index is 0.309. The van der Waals surface area contributed by atoms with Crippen molar-refractivity contribution in [2.45, 2.75) is 152 Å². The van der Waals surface area contributed by atoms with Gasteiger partial charge in [-0.15, -0.1) is 0 Å². The Balaban J connectivity index is 1.20. The van der Waals surface area contributed by atoms with Gasteiger partial charge < -0.3 is 9.47 Å². The summed E-state index contributed by atoms with van der Waals surface area (Å²) in [5.41, 5.74) is 6.19. The summed E-state index contributed by atoms with van der Waals surface area (Å²) in [5.74, 6) is 4.21. The van der Waals surface area contributed by atoms with E-state index in [4.69, 9.17) is 9.47 Å². The highest BCUT2D eigenvalue weighted by Crippen LogP contribution is 2.47. The topological polar surface area (TPSA) is 35.5 Å². The van der Waals surface area contributed by atoms with E-state index < -0.39 is 0 Å². The van der Waals surface area contributed by atoms with Crippen LogP contribution >= 0.6 is 0 Å². The zero-order valence-corrected chi connectivity index (χ0v) is 27.9. The van der Waals surface area contributed by atoms with Crippen LogP contribution in [0.1, 0.15) is 185 Å². The number of para-hydroxylation sites is 1. The molecule has 0 aromatic heterocycles. The van der Waals surface area contributed by atoms with Crippen LogP contribution in [-0.4, -0.2) is 5.97 Å². The molecule has 7 rings (SSSR count). The number of carbonyl (C=O) groups excluding carboxylic acids is 1. The highest BCUT2D eigenvalue weighted by atomic mass is 16.5. The molecule has 46 heavy (non-hydrogen) atoms. The lowest BCUT2D eigenvalue weighted by molar-refractivity contribution is 0.0729. The van der Waals surface area contributed by atoms with Gasteiger partial charge in [0.2, 0.25) is 0 Å². The van der Waals surface area contributed by atoms with E-state index in [0.717, 1.165) is 11.5 Å². The molecule has 0 N–H and O–H groups in total. The first kappa shape index (κ1) is 31.5. The average molecular weight is 619 g/mol. The predicted octanol–water partition coefficient (Wildman–Crippen LogP) is 12.9. The Labute approximate surface area is 277 Å². The maximum Gasteiger partial charge on any atom is 0.347 e. The van der Waals surface area contributed by atoms with Crippen molar-refractivity contribution in [1.29, 1.82) is 0 Å². The lowest BCUT2D eigenvalue weighted by atomic mass is 9.75. The molecule has 4 aliphatic carbocycles. The number of hydrogen-bond acceptors (Lipinski definition) is 3. The Hall–Kier alpha value is -3.07. The van der Waals surface area contributed by atoms with Gasteiger partial charge in [-0.3, -0.25) is 0 Å². The summed E-state index contributed by atoms with van der Waals surface area (Å²) >= 11 is 0. The summed E-state index contributed by atoms with van der Waals surface area (Å²) in [7, 11) is 0. The van der Waals surface area contributed by atoms with Gasteiger partial charge in [-0.25, -0.2) is 4.79 Å². The average Bonchev–Trinajstić information content (AvgIpc) is 3.13. The monoisotopic (exact) mass is 618 g/mol. The number of ether oxygens (including phenoxy) is 2. The molecule has 0 spiro atoms. The minimum Gasteiger partial charge on any atom is -0.456 e. The second-order valence-electron chi connectivity index (χ2n) is 14.8. The minimum atomic E-state index is -0.309. The molecular formula is C43H54O3. The maximum atomic E-state index is 14.1. The van der Waals surface area contributed by atoms with Crippen molar-refractivity contribution in [3.8, 4) is 17.2 Å². The molecule has 3 heteroatoms. The van der Waals surface area contributed by atoms with Gasteiger partial charge in [0.05, 0.1) is 0 Å². The van der Waals surface area contributed by atoms with Gasteiger partial charge in [0, 0.05) is 11.1 Å². The zero-order chi connectivity index (χ0) is 31.1. The summed E-state index contributed by atoms with van der Waals surface area (Å²) < 4.78 is 13.3. The lowest BCUT2D eigenvalue weighted by Crippen LogP contribution is -2.17. The van der Waals surface area contributed by atoms with Crippen LogP contribution in [-0.2, 0) is 0 Å². The van der Waals surface area contributed by atoms with E-state index in [2.05, 4.69) is 30.3 Å². The molecular weight excluding hydrogens is 564 g/mol. The van der Waals surface area contributed by atoms with E-state index in [9.17, 15) is 4.79 Å². The van der Waals surface area contributed by atoms with E-state index in [0.29, 0.717) is 35.0 Å². The van der Waals surface area contributed by atoms with Crippen molar-refractivity contribution in [2.24, 2.45) is 0 Å². The molecule has 0 heterocycles. The van der Waals surface area contributed by atoms with Crippen LogP contribution in [0.2, 0.25) is 0 Å². The highest BCUT2D eigenvalue weighted by molar-refractivity contribution is 5.94. The fourth-order valence-electron chi connectivity index (χ4n) is 9.49. The second kappa shape index (κ2) is 15.2. The van der Waals surface area contributed by atoms with Gasteiger partial charge in [-0.2, -0.15) is 0 Å². The maximum absolute atomic E-state index is 14.1. The largest absolute Gasteiger partial charge is 0.456 e. The molecule has 0 saturated heterocycles. The Morgan fingerprint density at radius 3 is 1.37 bits per heavy atom. The third kappa shape index (κ3) is 7.09. The normalized spacial score (nSPS) is 20.8. The molecule has 0 atom stereocenters. The van der Waals surface area contributed by atoms with Crippen molar-refractivity contribution in [1.82, 2.24) is 0 Å². The Bertz CT molecular complexity index is 1450. The molecule has 0 radical (unpaired) electrons. The molecule has 0 bridgehead atoms. The zero-order valence-electron chi connectivity index (χ0n) is 27.9. The van der Waals surface area contributed by atoms with E-state index in [1.54, 1.807) is 0 Å². The molecule has 4 saturated carbocycles. The molecule has 3 aromatic rings. The van der Waals surface area contributed by atoms with Crippen molar-refractivity contribution < 1.29 is 14.3 Å². The van der Waals surface area contributed by atoms with E-state index in [-0.39, 0.29) is 5.97 Å². The molecule has 0 unspecified atom stereocenters. The van der Waals surface area contributed by atoms with Crippen LogP contribution in [0.3, 0.4) is 0 Å². The number of hydrogen-bond donors (Lipinski definition) is 0. The van der Waals surface area contributed by atoms with Crippen molar-refractivity contribution in [3.05, 3.63) is 88.5 Å². The van der Waals surface area contributed by atoms with Crippen LogP contribution in [0.15, 0.2) is 60.7 Å². The fourth-order valence-corrected chi connectivity index (χ4v) is 9.49. The first-order valence-corrected chi connectivity index (χ1v) is 19.0. The predicted molar refractivity (Wildman–Crippen MR) is 188 cm³/mol. The van der Waals surface area contributed by atoms with Gasteiger partial charge in [-0.1, -0.05) is 113 Å². The van der Waals surface area contributed by atoms with E-state index in [1.165, 1.54) is 151 Å². The fraction of sp³-hybridized carbons (Fsp3) is 0.558. The molecule has 244 valence electrons. The SMILES string of the molecule is O=C(Oc1cccc(C2CCCCC2)c1C1CCCCC1)c1ccccc1Oc1cccc(C2CCCCC2)c1C1CCCCC1. The number of benzene rings is 3. The van der Waals surface area contributed by atoms with Gasteiger partial charge in [0.1, 0.15) is 22.8 Å². The number of esters is 1. The molecule has 0 aliphatic heterocycles. The standard InChI is InChI=1S/C43H54O3/c44-43(46-40-30-16-27-36(32-19-7-2-8-20-32)42(40)34-23-11-4-12-24-34)37-25-13-14-28-38(37)45-39-29-15-26-35(31-17-5-1-6-18-31)41(39)33-21-9-3-10-22-33/h13-16,25-34H,1-12,17-24H2. The summed E-state index contributed by atoms with van der Waals surface area (Å²) in [6.07, 6.45) is 25.5. The first-order chi connectivity index (χ1) is 22.8. The summed E-state index contributed by atoms with van der Waals surface area (Å²) in [6.45, 7) is 0. The molecule has 4 fully saturated rings. The quantitative estimate of drug-likeness (QED) is 0.186. The van der Waals surface area contributed by atoms with Crippen LogP contribution < -0.4 is 9.47 Å². The third-order valence-corrected chi connectivity index (χ3v) is 11.8. The Kier molecular flexibility index (Phi) is 10.4. The Morgan fingerprint density at radius 2 is 0.848 bits per heavy atom. The van der Waals surface area contributed by atoms with E-state index >= 15 is 0 Å². The molecule has 3 nitrogen and oxygen atoms in total. The number of rotatable bonds is 8. The van der Waals surface area contributed by atoms with Gasteiger partial charge in [0.15, 0.2) is 0 Å². The van der Waals surface area contributed by atoms with Crippen LogP contribution in [0, 0.1) is 0 Å². The smallest absolute Gasteiger partial charge is 0.347 e. The van der Waals surface area contributed by atoms with Gasteiger partial charge in [0.25, 0.3) is 0 Å². The second-order valence-corrected chi connectivity index (χ2v) is 14.8. The highest BCUT2D eigenvalue weighted by Gasteiger charge is 2.30. The van der Waals surface area contributed by atoms with Crippen LogP contribution in [0.25, 0.3) is 0 Å². The van der Waals surface area contributed by atoms with Crippen molar-refractivity contribution in [3.63, 3.8) is 0 Å². The summed E-state index contributed by atoms with van der Waals surface area (Å²) in [4.78, 5) is 14.1.